The Bertz CT molecular complexity index is 730. The number of anilines is 1. The van der Waals surface area contributed by atoms with E-state index in [9.17, 15) is 9.59 Å². The number of para-hydroxylation sites is 2. The van der Waals surface area contributed by atoms with E-state index in [-0.39, 0.29) is 18.2 Å². The molecule has 1 N–H and O–H groups in total. The number of carbonyl (C=O) groups is 2. The van der Waals surface area contributed by atoms with E-state index in [4.69, 9.17) is 4.74 Å². The Balaban J connectivity index is 1.61. The van der Waals surface area contributed by atoms with Crippen molar-refractivity contribution in [2.24, 2.45) is 0 Å². The number of ether oxygens (including phenoxy) is 1. The van der Waals surface area contributed by atoms with Crippen molar-refractivity contribution in [3.05, 3.63) is 60.2 Å². The molecule has 5 nitrogen and oxygen atoms in total. The van der Waals surface area contributed by atoms with Crippen LogP contribution in [0.2, 0.25) is 0 Å². The van der Waals surface area contributed by atoms with Crippen molar-refractivity contribution in [1.29, 1.82) is 0 Å². The minimum absolute atomic E-state index is 0.166. The summed E-state index contributed by atoms with van der Waals surface area (Å²) in [6.45, 7) is 0.604. The lowest BCUT2D eigenvalue weighted by Gasteiger charge is -2.15. The molecular weight excluding hydrogens is 304 g/mol. The maximum atomic E-state index is 12.5. The average Bonchev–Trinajstić information content (AvgIpc) is 2.90. The van der Waals surface area contributed by atoms with Crippen LogP contribution < -0.4 is 15.0 Å². The van der Waals surface area contributed by atoms with Crippen LogP contribution in [0.1, 0.15) is 12.0 Å². The third-order valence-corrected chi connectivity index (χ3v) is 4.14. The first-order chi connectivity index (χ1) is 11.7. The molecule has 1 saturated heterocycles. The number of nitrogens with zero attached hydrogens (tertiary/aromatic N) is 1. The van der Waals surface area contributed by atoms with Gasteiger partial charge in [0.15, 0.2) is 0 Å². The highest BCUT2D eigenvalue weighted by atomic mass is 16.5. The molecule has 0 radical (unpaired) electrons. The van der Waals surface area contributed by atoms with Crippen molar-refractivity contribution in [3.8, 4) is 5.75 Å². The third kappa shape index (κ3) is 3.31. The Labute approximate surface area is 141 Å². The van der Waals surface area contributed by atoms with Gasteiger partial charge in [0.05, 0.1) is 25.3 Å². The zero-order chi connectivity index (χ0) is 16.9. The second kappa shape index (κ2) is 7.27. The van der Waals surface area contributed by atoms with E-state index in [2.05, 4.69) is 5.32 Å². The van der Waals surface area contributed by atoms with Gasteiger partial charge in [-0.25, -0.2) is 4.90 Å². The number of methoxy groups -OCH3 is 1. The Morgan fingerprint density at radius 3 is 2.54 bits per heavy atom. The molecule has 124 valence electrons. The first-order valence-electron chi connectivity index (χ1n) is 7.98. The van der Waals surface area contributed by atoms with E-state index < -0.39 is 6.04 Å². The fourth-order valence-electron chi connectivity index (χ4n) is 2.93. The summed E-state index contributed by atoms with van der Waals surface area (Å²) in [4.78, 5) is 25.9. The Morgan fingerprint density at radius 1 is 1.08 bits per heavy atom. The van der Waals surface area contributed by atoms with E-state index in [0.717, 1.165) is 17.7 Å². The maximum absolute atomic E-state index is 12.5. The van der Waals surface area contributed by atoms with Crippen molar-refractivity contribution < 1.29 is 14.3 Å². The van der Waals surface area contributed by atoms with Crippen LogP contribution in [0.5, 0.6) is 5.75 Å². The van der Waals surface area contributed by atoms with Crippen LogP contribution in [-0.4, -0.2) is 31.5 Å². The first kappa shape index (κ1) is 16.2. The predicted octanol–water partition coefficient (Wildman–Crippen LogP) is 2.16. The van der Waals surface area contributed by atoms with Crippen LogP contribution in [0.3, 0.4) is 0 Å². The minimum Gasteiger partial charge on any atom is -0.496 e. The third-order valence-electron chi connectivity index (χ3n) is 4.14. The minimum atomic E-state index is -0.465. The van der Waals surface area contributed by atoms with Crippen molar-refractivity contribution in [2.45, 2.75) is 18.9 Å². The number of rotatable bonds is 6. The Kier molecular flexibility index (Phi) is 4.91. The molecule has 0 saturated carbocycles. The van der Waals surface area contributed by atoms with E-state index in [1.54, 1.807) is 19.2 Å². The zero-order valence-electron chi connectivity index (χ0n) is 13.6. The summed E-state index contributed by atoms with van der Waals surface area (Å²) in [7, 11) is 1.64. The SMILES string of the molecule is COc1ccccc1CCN[C@@H]1CC(=O)N(c2ccccc2)C1=O. The fourth-order valence-corrected chi connectivity index (χ4v) is 2.93. The van der Waals surface area contributed by atoms with Crippen molar-refractivity contribution >= 4 is 17.5 Å². The van der Waals surface area contributed by atoms with Gasteiger partial charge in [-0.1, -0.05) is 36.4 Å². The Hall–Kier alpha value is -2.66. The number of carbonyl (C=O) groups excluding carboxylic acids is 2. The molecule has 1 atom stereocenters. The van der Waals surface area contributed by atoms with Crippen molar-refractivity contribution in [3.63, 3.8) is 0 Å². The summed E-state index contributed by atoms with van der Waals surface area (Å²) >= 11 is 0. The number of benzene rings is 2. The molecule has 1 heterocycles. The summed E-state index contributed by atoms with van der Waals surface area (Å²) in [6.07, 6.45) is 0.924. The highest BCUT2D eigenvalue weighted by Gasteiger charge is 2.38. The van der Waals surface area contributed by atoms with Gasteiger partial charge in [0, 0.05) is 6.54 Å². The van der Waals surface area contributed by atoms with Gasteiger partial charge in [0.2, 0.25) is 5.91 Å². The summed E-state index contributed by atoms with van der Waals surface area (Å²) < 4.78 is 5.32. The van der Waals surface area contributed by atoms with Gasteiger partial charge >= 0.3 is 0 Å². The molecule has 0 bridgehead atoms. The lowest BCUT2D eigenvalue weighted by Crippen LogP contribution is -2.39. The van der Waals surface area contributed by atoms with Crippen LogP contribution in [-0.2, 0) is 16.0 Å². The lowest BCUT2D eigenvalue weighted by molar-refractivity contribution is -0.121. The molecule has 2 amide bonds. The standard InChI is InChI=1S/C19H20N2O3/c1-24-17-10-6-5-7-14(17)11-12-20-16-13-18(22)21(19(16)23)15-8-3-2-4-9-15/h2-10,16,20H,11-13H2,1H3/t16-/m1/s1. The van der Waals surface area contributed by atoms with Gasteiger partial charge in [-0.3, -0.25) is 9.59 Å². The quantitative estimate of drug-likeness (QED) is 0.827. The number of hydrogen-bond acceptors (Lipinski definition) is 4. The van der Waals surface area contributed by atoms with E-state index in [1.165, 1.54) is 4.90 Å². The normalized spacial score (nSPS) is 17.4. The molecule has 1 aliphatic rings. The fraction of sp³-hybridized carbons (Fsp3) is 0.263. The summed E-state index contributed by atoms with van der Waals surface area (Å²) in [6, 6.07) is 16.4. The smallest absolute Gasteiger partial charge is 0.251 e. The molecule has 0 aliphatic carbocycles. The van der Waals surface area contributed by atoms with Crippen molar-refractivity contribution in [2.75, 3.05) is 18.6 Å². The van der Waals surface area contributed by atoms with Gasteiger partial charge < -0.3 is 10.1 Å². The van der Waals surface area contributed by atoms with Gasteiger partial charge in [0.1, 0.15) is 5.75 Å². The topological polar surface area (TPSA) is 58.6 Å². The molecule has 1 fully saturated rings. The van der Waals surface area contributed by atoms with Crippen LogP contribution in [0.15, 0.2) is 54.6 Å². The number of nitrogens with one attached hydrogen (secondary N) is 1. The van der Waals surface area contributed by atoms with Gasteiger partial charge in [-0.2, -0.15) is 0 Å². The van der Waals surface area contributed by atoms with Gasteiger partial charge in [-0.15, -0.1) is 0 Å². The average molecular weight is 324 g/mol. The summed E-state index contributed by atoms with van der Waals surface area (Å²) in [5, 5.41) is 3.19. The molecule has 24 heavy (non-hydrogen) atoms. The van der Waals surface area contributed by atoms with Crippen LogP contribution in [0.4, 0.5) is 5.69 Å². The molecule has 5 heteroatoms. The van der Waals surface area contributed by atoms with Gasteiger partial charge in [0.25, 0.3) is 5.91 Å². The highest BCUT2D eigenvalue weighted by molar-refractivity contribution is 6.22. The molecule has 3 rings (SSSR count). The van der Waals surface area contributed by atoms with Gasteiger partial charge in [-0.05, 0) is 30.2 Å². The first-order valence-corrected chi connectivity index (χ1v) is 7.98. The predicted molar refractivity (Wildman–Crippen MR) is 92.0 cm³/mol. The van der Waals surface area contributed by atoms with E-state index in [1.807, 2.05) is 42.5 Å². The molecule has 0 aromatic heterocycles. The van der Waals surface area contributed by atoms with Crippen LogP contribution in [0, 0.1) is 0 Å². The lowest BCUT2D eigenvalue weighted by atomic mass is 10.1. The second-order valence-corrected chi connectivity index (χ2v) is 5.68. The molecule has 2 aromatic rings. The summed E-state index contributed by atoms with van der Waals surface area (Å²) in [5.41, 5.74) is 1.70. The molecule has 1 aliphatic heterocycles. The number of amides is 2. The summed E-state index contributed by atoms with van der Waals surface area (Å²) in [5.74, 6) is 0.478. The molecule has 0 spiro atoms. The van der Waals surface area contributed by atoms with Crippen molar-refractivity contribution in [1.82, 2.24) is 5.32 Å². The molecule has 0 unspecified atom stereocenters. The maximum Gasteiger partial charge on any atom is 0.251 e. The van der Waals surface area contributed by atoms with Crippen LogP contribution in [0.25, 0.3) is 0 Å². The molecular formula is C19H20N2O3. The second-order valence-electron chi connectivity index (χ2n) is 5.68. The zero-order valence-corrected chi connectivity index (χ0v) is 13.6. The van der Waals surface area contributed by atoms with E-state index >= 15 is 0 Å². The monoisotopic (exact) mass is 324 g/mol. The highest BCUT2D eigenvalue weighted by Crippen LogP contribution is 2.22. The molecule has 2 aromatic carbocycles. The Morgan fingerprint density at radius 2 is 1.79 bits per heavy atom. The van der Waals surface area contributed by atoms with Crippen LogP contribution >= 0.6 is 0 Å². The van der Waals surface area contributed by atoms with E-state index in [0.29, 0.717) is 12.2 Å². The largest absolute Gasteiger partial charge is 0.496 e. The number of imide groups is 1. The number of hydrogen-bond donors (Lipinski definition) is 1.